The summed E-state index contributed by atoms with van der Waals surface area (Å²) >= 11 is 0. The average Bonchev–Trinajstić information content (AvgIpc) is 1.98. The lowest BCUT2D eigenvalue weighted by Gasteiger charge is -2.17. The van der Waals surface area contributed by atoms with E-state index in [1.807, 2.05) is 6.92 Å². The lowest BCUT2D eigenvalue weighted by atomic mass is 10.3. The quantitative estimate of drug-likeness (QED) is 0.386. The predicted molar refractivity (Wildman–Crippen MR) is 66.1 cm³/mol. The van der Waals surface area contributed by atoms with Gasteiger partial charge in [0.05, 0.1) is 0 Å². The molecule has 0 aromatic heterocycles. The first kappa shape index (κ1) is 13.2. The molecule has 0 unspecified atom stereocenters. The summed E-state index contributed by atoms with van der Waals surface area (Å²) in [6, 6.07) is 0. The van der Waals surface area contributed by atoms with Gasteiger partial charge in [-0.25, -0.2) is 4.99 Å². The molecule has 0 aliphatic rings. The van der Waals surface area contributed by atoms with E-state index in [9.17, 15) is 0 Å². The van der Waals surface area contributed by atoms with Gasteiger partial charge < -0.3 is 4.43 Å². The summed E-state index contributed by atoms with van der Waals surface area (Å²) in [6.07, 6.45) is 4.94. The van der Waals surface area contributed by atoms with Crippen LogP contribution < -0.4 is 0 Å². The molecular weight excluding hydrogens is 190 g/mol. The molecule has 3 heteroatoms. The first-order valence-corrected chi connectivity index (χ1v) is 8.34. The molecule has 0 spiro atoms. The number of hydrogen-bond acceptors (Lipinski definition) is 2. The standard InChI is InChI=1S/C11H21NOSi/c1-7-8-10(2)9-12-11(3)13-14(4,5)6/h8-9H,3,7H2,1-2,4-6H3/b10-8+,12-9?. The molecule has 0 aromatic carbocycles. The van der Waals surface area contributed by atoms with E-state index >= 15 is 0 Å². The number of rotatable bonds is 5. The van der Waals surface area contributed by atoms with Gasteiger partial charge in [0.25, 0.3) is 0 Å². The zero-order chi connectivity index (χ0) is 11.2. The maximum Gasteiger partial charge on any atom is 0.244 e. The molecule has 0 aliphatic carbocycles. The van der Waals surface area contributed by atoms with Gasteiger partial charge in [-0.15, -0.1) is 0 Å². The minimum absolute atomic E-state index is 0.521. The zero-order valence-corrected chi connectivity index (χ0v) is 10.9. The van der Waals surface area contributed by atoms with Crippen molar-refractivity contribution in [1.82, 2.24) is 0 Å². The summed E-state index contributed by atoms with van der Waals surface area (Å²) in [4.78, 5) is 4.15. The van der Waals surface area contributed by atoms with Gasteiger partial charge in [0.2, 0.25) is 8.32 Å². The van der Waals surface area contributed by atoms with Crippen LogP contribution in [-0.2, 0) is 4.43 Å². The van der Waals surface area contributed by atoms with E-state index in [2.05, 4.69) is 44.2 Å². The van der Waals surface area contributed by atoms with Crippen molar-refractivity contribution in [2.45, 2.75) is 39.9 Å². The Kier molecular flexibility index (Phi) is 5.46. The van der Waals surface area contributed by atoms with E-state index in [1.165, 1.54) is 0 Å². The van der Waals surface area contributed by atoms with E-state index < -0.39 is 8.32 Å². The molecule has 0 saturated heterocycles. The number of allylic oxidation sites excluding steroid dienone is 2. The maximum absolute atomic E-state index is 5.59. The first-order chi connectivity index (χ1) is 6.35. The Balaban J connectivity index is 4.13. The molecule has 0 amide bonds. The van der Waals surface area contributed by atoms with Crippen LogP contribution in [0.25, 0.3) is 0 Å². The van der Waals surface area contributed by atoms with Gasteiger partial charge in [0.1, 0.15) is 0 Å². The molecule has 80 valence electrons. The van der Waals surface area contributed by atoms with E-state index in [4.69, 9.17) is 4.43 Å². The van der Waals surface area contributed by atoms with Crippen LogP contribution in [0.3, 0.4) is 0 Å². The molecule has 2 nitrogen and oxygen atoms in total. The lowest BCUT2D eigenvalue weighted by molar-refractivity contribution is 0.421. The molecule has 0 heterocycles. The van der Waals surface area contributed by atoms with Gasteiger partial charge in [-0.2, -0.15) is 0 Å². The Bertz CT molecular complexity index is 249. The van der Waals surface area contributed by atoms with Crippen molar-refractivity contribution in [3.05, 3.63) is 24.1 Å². The van der Waals surface area contributed by atoms with Crippen LogP contribution in [0.4, 0.5) is 0 Å². The Morgan fingerprint density at radius 2 is 2.00 bits per heavy atom. The number of aliphatic imine (C=N–C) groups is 1. The van der Waals surface area contributed by atoms with Gasteiger partial charge in [-0.05, 0) is 45.1 Å². The van der Waals surface area contributed by atoms with E-state index in [0.29, 0.717) is 5.88 Å². The summed E-state index contributed by atoms with van der Waals surface area (Å²) in [5.74, 6) is 0.521. The van der Waals surface area contributed by atoms with Gasteiger partial charge in [0.15, 0.2) is 5.88 Å². The van der Waals surface area contributed by atoms with Crippen molar-refractivity contribution in [2.75, 3.05) is 0 Å². The minimum Gasteiger partial charge on any atom is -0.532 e. The van der Waals surface area contributed by atoms with Crippen LogP contribution in [0.15, 0.2) is 29.1 Å². The molecule has 0 radical (unpaired) electrons. The lowest BCUT2D eigenvalue weighted by Crippen LogP contribution is -2.24. The third kappa shape index (κ3) is 7.80. The van der Waals surface area contributed by atoms with Crippen molar-refractivity contribution in [2.24, 2.45) is 4.99 Å². The van der Waals surface area contributed by atoms with Crippen LogP contribution in [0.1, 0.15) is 20.3 Å². The third-order valence-corrected chi connectivity index (χ3v) is 2.21. The highest BCUT2D eigenvalue weighted by Crippen LogP contribution is 2.09. The number of hydrogen-bond donors (Lipinski definition) is 0. The second kappa shape index (κ2) is 5.80. The average molecular weight is 211 g/mol. The molecule has 0 fully saturated rings. The fraction of sp³-hybridized carbons (Fsp3) is 0.545. The molecule has 0 aliphatic heterocycles. The van der Waals surface area contributed by atoms with Crippen molar-refractivity contribution in [3.63, 3.8) is 0 Å². The monoisotopic (exact) mass is 211 g/mol. The van der Waals surface area contributed by atoms with Crippen LogP contribution in [0.2, 0.25) is 19.6 Å². The van der Waals surface area contributed by atoms with Gasteiger partial charge in [0, 0.05) is 6.21 Å². The molecule has 14 heavy (non-hydrogen) atoms. The Hall–Kier alpha value is -0.833. The predicted octanol–water partition coefficient (Wildman–Crippen LogP) is 3.74. The smallest absolute Gasteiger partial charge is 0.244 e. The number of nitrogens with zero attached hydrogens (tertiary/aromatic N) is 1. The van der Waals surface area contributed by atoms with Crippen molar-refractivity contribution in [1.29, 1.82) is 0 Å². The van der Waals surface area contributed by atoms with Gasteiger partial charge >= 0.3 is 0 Å². The first-order valence-electron chi connectivity index (χ1n) is 4.94. The highest BCUT2D eigenvalue weighted by atomic mass is 28.4. The topological polar surface area (TPSA) is 21.6 Å². The molecular formula is C11H21NOSi. The Morgan fingerprint density at radius 3 is 2.43 bits per heavy atom. The second-order valence-electron chi connectivity index (χ2n) is 4.22. The van der Waals surface area contributed by atoms with Crippen LogP contribution >= 0.6 is 0 Å². The molecule has 0 aromatic rings. The van der Waals surface area contributed by atoms with Gasteiger partial charge in [-0.1, -0.05) is 13.0 Å². The minimum atomic E-state index is -1.54. The van der Waals surface area contributed by atoms with Crippen LogP contribution in [0, 0.1) is 0 Å². The zero-order valence-electron chi connectivity index (χ0n) is 9.92. The summed E-state index contributed by atoms with van der Waals surface area (Å²) in [6.45, 7) is 14.2. The maximum atomic E-state index is 5.59. The molecule has 0 N–H and O–H groups in total. The summed E-state index contributed by atoms with van der Waals surface area (Å²) < 4.78 is 5.59. The third-order valence-electron chi connectivity index (χ3n) is 1.36. The van der Waals surface area contributed by atoms with Crippen molar-refractivity contribution < 1.29 is 4.43 Å². The van der Waals surface area contributed by atoms with Crippen LogP contribution in [0.5, 0.6) is 0 Å². The summed E-state index contributed by atoms with van der Waals surface area (Å²) in [7, 11) is -1.54. The summed E-state index contributed by atoms with van der Waals surface area (Å²) in [5, 5.41) is 0. The molecule has 0 saturated carbocycles. The SMILES string of the molecule is C=C(N=C/C(C)=C/CC)O[Si](C)(C)C. The Morgan fingerprint density at radius 1 is 1.43 bits per heavy atom. The Labute approximate surface area is 88.5 Å². The van der Waals surface area contributed by atoms with Gasteiger partial charge in [-0.3, -0.25) is 0 Å². The fourth-order valence-corrected chi connectivity index (χ4v) is 1.69. The molecule has 0 atom stereocenters. The van der Waals surface area contributed by atoms with E-state index in [0.717, 1.165) is 12.0 Å². The van der Waals surface area contributed by atoms with Crippen molar-refractivity contribution >= 4 is 14.5 Å². The van der Waals surface area contributed by atoms with Crippen molar-refractivity contribution in [3.8, 4) is 0 Å². The second-order valence-corrected chi connectivity index (χ2v) is 8.65. The summed E-state index contributed by atoms with van der Waals surface area (Å²) in [5.41, 5.74) is 1.15. The normalized spacial score (nSPS) is 13.4. The van der Waals surface area contributed by atoms with Crippen LogP contribution in [-0.4, -0.2) is 14.5 Å². The highest BCUT2D eigenvalue weighted by molar-refractivity contribution is 6.70. The highest BCUT2D eigenvalue weighted by Gasteiger charge is 2.15. The van der Waals surface area contributed by atoms with E-state index in [1.54, 1.807) is 6.21 Å². The largest absolute Gasteiger partial charge is 0.532 e. The van der Waals surface area contributed by atoms with E-state index in [-0.39, 0.29) is 0 Å². The fourth-order valence-electron chi connectivity index (χ4n) is 0.928. The molecule has 0 rings (SSSR count). The molecule has 0 bridgehead atoms.